The molecule has 7 nitrogen and oxygen atoms in total. The third-order valence-corrected chi connectivity index (χ3v) is 6.11. The van der Waals surface area contributed by atoms with Gasteiger partial charge in [0.15, 0.2) is 0 Å². The van der Waals surface area contributed by atoms with Crippen LogP contribution in [-0.2, 0) is 11.2 Å². The normalized spacial score (nSPS) is 10.7. The van der Waals surface area contributed by atoms with E-state index in [0.29, 0.717) is 33.1 Å². The van der Waals surface area contributed by atoms with Gasteiger partial charge in [0.25, 0.3) is 5.91 Å². The summed E-state index contributed by atoms with van der Waals surface area (Å²) in [6, 6.07) is 15.8. The van der Waals surface area contributed by atoms with Gasteiger partial charge in [-0.15, -0.1) is 11.3 Å². The van der Waals surface area contributed by atoms with Crippen LogP contribution in [0.15, 0.2) is 69.2 Å². The molecule has 2 aromatic heterocycles. The SMILES string of the molecule is COc1ccc2c(C)c(CCC(=O)Nc3cccc(NC(=O)c4cccs4)c3)c(=O)oc2c1. The highest BCUT2D eigenvalue weighted by molar-refractivity contribution is 7.12. The molecular formula is C25H22N2O5S. The lowest BCUT2D eigenvalue weighted by molar-refractivity contribution is -0.116. The van der Waals surface area contributed by atoms with E-state index in [0.717, 1.165) is 10.9 Å². The van der Waals surface area contributed by atoms with E-state index in [2.05, 4.69) is 10.6 Å². The van der Waals surface area contributed by atoms with Gasteiger partial charge in [-0.25, -0.2) is 4.79 Å². The van der Waals surface area contributed by atoms with Gasteiger partial charge in [-0.1, -0.05) is 12.1 Å². The van der Waals surface area contributed by atoms with Gasteiger partial charge >= 0.3 is 5.63 Å². The van der Waals surface area contributed by atoms with Crippen molar-refractivity contribution >= 4 is 45.5 Å². The van der Waals surface area contributed by atoms with Gasteiger partial charge in [-0.2, -0.15) is 0 Å². The van der Waals surface area contributed by atoms with Crippen molar-refractivity contribution < 1.29 is 18.7 Å². The first-order chi connectivity index (χ1) is 15.9. The van der Waals surface area contributed by atoms with Crippen molar-refractivity contribution in [3.8, 4) is 5.75 Å². The highest BCUT2D eigenvalue weighted by Crippen LogP contribution is 2.24. The van der Waals surface area contributed by atoms with Crippen LogP contribution in [-0.4, -0.2) is 18.9 Å². The number of hydrogen-bond donors (Lipinski definition) is 2. The molecule has 2 heterocycles. The first-order valence-corrected chi connectivity index (χ1v) is 11.2. The van der Waals surface area contributed by atoms with Crippen LogP contribution in [0.1, 0.15) is 27.2 Å². The van der Waals surface area contributed by atoms with Crippen molar-refractivity contribution in [2.75, 3.05) is 17.7 Å². The van der Waals surface area contributed by atoms with Crippen molar-refractivity contribution in [2.45, 2.75) is 19.8 Å². The fourth-order valence-electron chi connectivity index (χ4n) is 3.53. The molecule has 0 bridgehead atoms. The van der Waals surface area contributed by atoms with Gasteiger partial charge in [-0.3, -0.25) is 9.59 Å². The van der Waals surface area contributed by atoms with Crippen LogP contribution in [0.3, 0.4) is 0 Å². The Labute approximate surface area is 194 Å². The average molecular weight is 463 g/mol. The number of ether oxygens (including phenoxy) is 1. The molecular weight excluding hydrogens is 440 g/mol. The molecule has 0 aliphatic carbocycles. The Balaban J connectivity index is 1.42. The topological polar surface area (TPSA) is 97.6 Å². The molecule has 0 aliphatic heterocycles. The van der Waals surface area contributed by atoms with E-state index in [-0.39, 0.29) is 24.7 Å². The highest BCUT2D eigenvalue weighted by Gasteiger charge is 2.14. The number of methoxy groups -OCH3 is 1. The maximum absolute atomic E-state index is 12.5. The summed E-state index contributed by atoms with van der Waals surface area (Å²) in [6.07, 6.45) is 0.357. The highest BCUT2D eigenvalue weighted by atomic mass is 32.1. The standard InChI is InChI=1S/C25H22N2O5S/c1-15-19-9-8-18(31-2)14-21(19)32-25(30)20(15)10-11-23(28)26-16-5-3-6-17(13-16)27-24(29)22-7-4-12-33-22/h3-9,12-14H,10-11H2,1-2H3,(H,26,28)(H,27,29). The van der Waals surface area contributed by atoms with E-state index in [9.17, 15) is 14.4 Å². The van der Waals surface area contributed by atoms with E-state index in [1.54, 1.807) is 49.6 Å². The van der Waals surface area contributed by atoms with E-state index in [1.807, 2.05) is 24.4 Å². The smallest absolute Gasteiger partial charge is 0.339 e. The number of benzene rings is 2. The zero-order valence-corrected chi connectivity index (χ0v) is 19.0. The Morgan fingerprint density at radius 3 is 2.55 bits per heavy atom. The molecule has 0 radical (unpaired) electrons. The van der Waals surface area contributed by atoms with Gasteiger partial charge in [0, 0.05) is 34.8 Å². The van der Waals surface area contributed by atoms with Crippen molar-refractivity contribution in [1.82, 2.24) is 0 Å². The van der Waals surface area contributed by atoms with Crippen molar-refractivity contribution in [3.05, 3.63) is 86.4 Å². The summed E-state index contributed by atoms with van der Waals surface area (Å²) in [5, 5.41) is 8.27. The first-order valence-electron chi connectivity index (χ1n) is 10.3. The lowest BCUT2D eigenvalue weighted by Crippen LogP contribution is -2.17. The summed E-state index contributed by atoms with van der Waals surface area (Å²) in [6.45, 7) is 1.85. The van der Waals surface area contributed by atoms with Crippen LogP contribution in [0.4, 0.5) is 11.4 Å². The van der Waals surface area contributed by atoms with Crippen LogP contribution in [0, 0.1) is 6.92 Å². The van der Waals surface area contributed by atoms with Gasteiger partial charge in [0.05, 0.1) is 12.0 Å². The van der Waals surface area contributed by atoms with E-state index in [4.69, 9.17) is 9.15 Å². The molecule has 0 atom stereocenters. The monoisotopic (exact) mass is 462 g/mol. The van der Waals surface area contributed by atoms with E-state index in [1.165, 1.54) is 11.3 Å². The van der Waals surface area contributed by atoms with Crippen LogP contribution in [0.5, 0.6) is 5.75 Å². The average Bonchev–Trinajstić information content (AvgIpc) is 3.34. The molecule has 0 fully saturated rings. The number of fused-ring (bicyclic) bond motifs is 1. The Morgan fingerprint density at radius 1 is 1.03 bits per heavy atom. The van der Waals surface area contributed by atoms with Crippen molar-refractivity contribution in [1.29, 1.82) is 0 Å². The predicted molar refractivity (Wildman–Crippen MR) is 129 cm³/mol. The van der Waals surface area contributed by atoms with Gasteiger partial charge < -0.3 is 19.8 Å². The lowest BCUT2D eigenvalue weighted by atomic mass is 10.0. The Hall–Kier alpha value is -3.91. The number of nitrogens with one attached hydrogen (secondary N) is 2. The molecule has 0 saturated heterocycles. The van der Waals surface area contributed by atoms with Crippen LogP contribution in [0.25, 0.3) is 11.0 Å². The lowest BCUT2D eigenvalue weighted by Gasteiger charge is -2.10. The number of amides is 2. The molecule has 0 aliphatic rings. The molecule has 2 N–H and O–H groups in total. The quantitative estimate of drug-likeness (QED) is 0.377. The Bertz CT molecular complexity index is 1380. The molecule has 33 heavy (non-hydrogen) atoms. The molecule has 4 aromatic rings. The third-order valence-electron chi connectivity index (χ3n) is 5.25. The number of thiophene rings is 1. The fraction of sp³-hybridized carbons (Fsp3) is 0.160. The number of rotatable bonds is 7. The van der Waals surface area contributed by atoms with E-state index < -0.39 is 5.63 Å². The maximum Gasteiger partial charge on any atom is 0.339 e. The van der Waals surface area contributed by atoms with Crippen LogP contribution < -0.4 is 21.0 Å². The number of carbonyl (C=O) groups excluding carboxylic acids is 2. The molecule has 0 saturated carbocycles. The number of hydrogen-bond acceptors (Lipinski definition) is 6. The first kappa shape index (κ1) is 22.3. The summed E-state index contributed by atoms with van der Waals surface area (Å²) in [7, 11) is 1.55. The zero-order chi connectivity index (χ0) is 23.4. The second kappa shape index (κ2) is 9.70. The van der Waals surface area contributed by atoms with Crippen molar-refractivity contribution in [3.63, 3.8) is 0 Å². The summed E-state index contributed by atoms with van der Waals surface area (Å²) >= 11 is 1.35. The summed E-state index contributed by atoms with van der Waals surface area (Å²) in [4.78, 5) is 37.9. The summed E-state index contributed by atoms with van der Waals surface area (Å²) in [5.41, 5.74) is 2.38. The summed E-state index contributed by atoms with van der Waals surface area (Å²) < 4.78 is 10.6. The van der Waals surface area contributed by atoms with E-state index >= 15 is 0 Å². The fourth-order valence-corrected chi connectivity index (χ4v) is 4.15. The molecule has 2 amide bonds. The van der Waals surface area contributed by atoms with Gasteiger partial charge in [0.2, 0.25) is 5.91 Å². The third kappa shape index (κ3) is 5.12. The van der Waals surface area contributed by atoms with Crippen LogP contribution >= 0.6 is 11.3 Å². The molecule has 168 valence electrons. The molecule has 2 aromatic carbocycles. The predicted octanol–water partition coefficient (Wildman–Crippen LogP) is 5.00. The van der Waals surface area contributed by atoms with Gasteiger partial charge in [0.1, 0.15) is 11.3 Å². The maximum atomic E-state index is 12.5. The Kier molecular flexibility index (Phi) is 6.55. The second-order valence-electron chi connectivity index (χ2n) is 7.42. The minimum absolute atomic E-state index is 0.110. The second-order valence-corrected chi connectivity index (χ2v) is 8.36. The number of anilines is 2. The molecule has 0 unspecified atom stereocenters. The minimum atomic E-state index is -0.459. The van der Waals surface area contributed by atoms with Crippen LogP contribution in [0.2, 0.25) is 0 Å². The number of aryl methyl sites for hydroxylation is 1. The van der Waals surface area contributed by atoms with Crippen molar-refractivity contribution in [2.24, 2.45) is 0 Å². The molecule has 0 spiro atoms. The Morgan fingerprint density at radius 2 is 1.82 bits per heavy atom. The largest absolute Gasteiger partial charge is 0.497 e. The minimum Gasteiger partial charge on any atom is -0.497 e. The van der Waals surface area contributed by atoms with Gasteiger partial charge in [-0.05, 0) is 60.7 Å². The number of carbonyl (C=O) groups is 2. The molecule has 4 rings (SSSR count). The zero-order valence-electron chi connectivity index (χ0n) is 18.1. The molecule has 8 heteroatoms. The summed E-state index contributed by atoms with van der Waals surface area (Å²) in [5.74, 6) is 0.154.